The van der Waals surface area contributed by atoms with E-state index in [1.54, 1.807) is 6.92 Å². The Balaban J connectivity index is 2.13. The molecule has 146 valence electrons. The molecule has 0 saturated carbocycles. The van der Waals surface area contributed by atoms with Gasteiger partial charge in [-0.3, -0.25) is 9.78 Å². The van der Waals surface area contributed by atoms with Crippen LogP contribution < -0.4 is 10.9 Å². The minimum atomic E-state index is -0.437. The molecule has 0 aliphatic rings. The molecule has 6 heteroatoms. The summed E-state index contributed by atoms with van der Waals surface area (Å²) in [6.07, 6.45) is 1.54. The average molecular weight is 379 g/mol. The fourth-order valence-electron chi connectivity index (χ4n) is 3.49. The van der Waals surface area contributed by atoms with Gasteiger partial charge in [0.15, 0.2) is 0 Å². The second-order valence-electron chi connectivity index (χ2n) is 7.04. The van der Waals surface area contributed by atoms with Crippen molar-refractivity contribution in [2.24, 2.45) is 0 Å². The number of aryl methyl sites for hydroxylation is 4. The Labute approximate surface area is 164 Å². The first-order chi connectivity index (χ1) is 13.3. The number of anilines is 1. The summed E-state index contributed by atoms with van der Waals surface area (Å²) in [6, 6.07) is 5.98. The number of pyridine rings is 2. The Hall–Kier alpha value is -3.15. The molecule has 0 unspecified atom stereocenters. The van der Waals surface area contributed by atoms with Crippen LogP contribution in [-0.2, 0) is 11.3 Å². The van der Waals surface area contributed by atoms with Gasteiger partial charge in [-0.05, 0) is 57.9 Å². The van der Waals surface area contributed by atoms with Crippen LogP contribution >= 0.6 is 0 Å². The maximum Gasteiger partial charge on any atom is 0.341 e. The molecule has 6 nitrogen and oxygen atoms in total. The zero-order chi connectivity index (χ0) is 20.4. The van der Waals surface area contributed by atoms with E-state index < -0.39 is 5.97 Å². The summed E-state index contributed by atoms with van der Waals surface area (Å²) in [4.78, 5) is 32.2. The maximum absolute atomic E-state index is 12.5. The van der Waals surface area contributed by atoms with Gasteiger partial charge in [0.1, 0.15) is 5.56 Å². The SMILES string of the molecule is CCOC(=O)c1cnc2c(C)cc(C)cc2c1NCc1c(C)cc(C)[nH]c1=O. The lowest BCUT2D eigenvalue weighted by Gasteiger charge is -2.16. The summed E-state index contributed by atoms with van der Waals surface area (Å²) in [6.45, 7) is 10.1. The van der Waals surface area contributed by atoms with Gasteiger partial charge < -0.3 is 15.0 Å². The third kappa shape index (κ3) is 3.76. The van der Waals surface area contributed by atoms with E-state index in [9.17, 15) is 9.59 Å². The van der Waals surface area contributed by atoms with Crippen LogP contribution in [0.3, 0.4) is 0 Å². The number of carbonyl (C=O) groups excluding carboxylic acids is 1. The molecule has 0 saturated heterocycles. The number of nitrogens with one attached hydrogen (secondary N) is 2. The van der Waals surface area contributed by atoms with Crippen LogP contribution in [0.4, 0.5) is 5.69 Å². The normalized spacial score (nSPS) is 10.9. The number of carbonyl (C=O) groups is 1. The van der Waals surface area contributed by atoms with Crippen LogP contribution in [0.2, 0.25) is 0 Å². The molecule has 3 aromatic rings. The lowest BCUT2D eigenvalue weighted by molar-refractivity contribution is 0.0527. The van der Waals surface area contributed by atoms with Gasteiger partial charge in [0.05, 0.1) is 17.8 Å². The molecular formula is C22H25N3O3. The highest BCUT2D eigenvalue weighted by Crippen LogP contribution is 2.30. The van der Waals surface area contributed by atoms with E-state index in [2.05, 4.69) is 21.4 Å². The number of nitrogens with zero attached hydrogens (tertiary/aromatic N) is 1. The van der Waals surface area contributed by atoms with E-state index in [1.165, 1.54) is 6.20 Å². The highest BCUT2D eigenvalue weighted by molar-refractivity contribution is 6.05. The molecule has 28 heavy (non-hydrogen) atoms. The summed E-state index contributed by atoms with van der Waals surface area (Å²) in [7, 11) is 0. The summed E-state index contributed by atoms with van der Waals surface area (Å²) in [5.41, 5.74) is 6.13. The van der Waals surface area contributed by atoms with Crippen molar-refractivity contribution in [3.63, 3.8) is 0 Å². The molecular weight excluding hydrogens is 354 g/mol. The average Bonchev–Trinajstić information content (AvgIpc) is 2.60. The molecule has 3 rings (SSSR count). The van der Waals surface area contributed by atoms with Gasteiger partial charge in [-0.1, -0.05) is 11.6 Å². The Morgan fingerprint density at radius 3 is 2.57 bits per heavy atom. The molecule has 0 bridgehead atoms. The summed E-state index contributed by atoms with van der Waals surface area (Å²) in [5.74, 6) is -0.437. The fraction of sp³-hybridized carbons (Fsp3) is 0.318. The predicted molar refractivity (Wildman–Crippen MR) is 111 cm³/mol. The van der Waals surface area contributed by atoms with Crippen LogP contribution in [0.25, 0.3) is 10.9 Å². The van der Waals surface area contributed by atoms with Gasteiger partial charge in [-0.2, -0.15) is 0 Å². The lowest BCUT2D eigenvalue weighted by Crippen LogP contribution is -2.19. The fourth-order valence-corrected chi connectivity index (χ4v) is 3.49. The Bertz CT molecular complexity index is 1120. The molecule has 0 aliphatic heterocycles. The van der Waals surface area contributed by atoms with Gasteiger partial charge >= 0.3 is 5.97 Å². The standard InChI is InChI=1S/C22H25N3O3/c1-6-28-22(27)18-11-23-19-14(4)7-12(2)8-16(19)20(18)24-10-17-13(3)9-15(5)25-21(17)26/h7-9,11H,6,10H2,1-5H3,(H,23,24)(H,25,26). The topological polar surface area (TPSA) is 84.1 Å². The van der Waals surface area contributed by atoms with Crippen molar-refractivity contribution >= 4 is 22.6 Å². The van der Waals surface area contributed by atoms with Gasteiger partial charge in [0, 0.05) is 29.4 Å². The van der Waals surface area contributed by atoms with E-state index >= 15 is 0 Å². The van der Waals surface area contributed by atoms with Gasteiger partial charge in [-0.25, -0.2) is 4.79 Å². The summed E-state index contributed by atoms with van der Waals surface area (Å²) >= 11 is 0. The molecule has 2 heterocycles. The predicted octanol–water partition coefficient (Wildman–Crippen LogP) is 3.95. The first-order valence-corrected chi connectivity index (χ1v) is 9.32. The highest BCUT2D eigenvalue weighted by Gasteiger charge is 2.18. The van der Waals surface area contributed by atoms with E-state index in [0.717, 1.165) is 33.3 Å². The number of hydrogen-bond donors (Lipinski definition) is 2. The van der Waals surface area contributed by atoms with Crippen molar-refractivity contribution in [3.05, 3.63) is 68.3 Å². The third-order valence-electron chi connectivity index (χ3n) is 4.74. The molecule has 1 aromatic carbocycles. The van der Waals surface area contributed by atoms with Crippen LogP contribution in [0.15, 0.2) is 29.2 Å². The molecule has 0 amide bonds. The van der Waals surface area contributed by atoms with Crippen molar-refractivity contribution in [2.75, 3.05) is 11.9 Å². The Morgan fingerprint density at radius 1 is 1.14 bits per heavy atom. The second-order valence-corrected chi connectivity index (χ2v) is 7.04. The van der Waals surface area contributed by atoms with Crippen LogP contribution in [0.5, 0.6) is 0 Å². The molecule has 0 aliphatic carbocycles. The monoisotopic (exact) mass is 379 g/mol. The van der Waals surface area contributed by atoms with Crippen molar-refractivity contribution in [1.82, 2.24) is 9.97 Å². The zero-order valence-electron chi connectivity index (χ0n) is 16.9. The van der Waals surface area contributed by atoms with Crippen molar-refractivity contribution < 1.29 is 9.53 Å². The smallest absolute Gasteiger partial charge is 0.341 e. The third-order valence-corrected chi connectivity index (χ3v) is 4.74. The first-order valence-electron chi connectivity index (χ1n) is 9.32. The summed E-state index contributed by atoms with van der Waals surface area (Å²) < 4.78 is 5.21. The van der Waals surface area contributed by atoms with Crippen molar-refractivity contribution in [2.45, 2.75) is 41.2 Å². The largest absolute Gasteiger partial charge is 0.462 e. The Morgan fingerprint density at radius 2 is 1.89 bits per heavy atom. The number of benzene rings is 1. The van der Waals surface area contributed by atoms with E-state index in [1.807, 2.05) is 39.8 Å². The highest BCUT2D eigenvalue weighted by atomic mass is 16.5. The van der Waals surface area contributed by atoms with Gasteiger partial charge in [0.2, 0.25) is 0 Å². The second kappa shape index (κ2) is 7.84. The van der Waals surface area contributed by atoms with Crippen LogP contribution in [0.1, 0.15) is 45.2 Å². The number of rotatable bonds is 5. The van der Waals surface area contributed by atoms with Crippen molar-refractivity contribution in [1.29, 1.82) is 0 Å². The first kappa shape index (κ1) is 19.6. The van der Waals surface area contributed by atoms with Crippen LogP contribution in [0, 0.1) is 27.7 Å². The lowest BCUT2D eigenvalue weighted by atomic mass is 10.0. The minimum absolute atomic E-state index is 0.131. The van der Waals surface area contributed by atoms with E-state index in [0.29, 0.717) is 23.4 Å². The van der Waals surface area contributed by atoms with E-state index in [-0.39, 0.29) is 12.2 Å². The molecule has 2 aromatic heterocycles. The molecule has 0 atom stereocenters. The number of H-pyrrole nitrogens is 1. The number of ether oxygens (including phenoxy) is 1. The molecule has 2 N–H and O–H groups in total. The van der Waals surface area contributed by atoms with Gasteiger partial charge in [0.25, 0.3) is 5.56 Å². The number of fused-ring (bicyclic) bond motifs is 1. The number of hydrogen-bond acceptors (Lipinski definition) is 5. The van der Waals surface area contributed by atoms with Gasteiger partial charge in [-0.15, -0.1) is 0 Å². The van der Waals surface area contributed by atoms with E-state index in [4.69, 9.17) is 4.74 Å². The number of aromatic nitrogens is 2. The quantitative estimate of drug-likeness (QED) is 0.656. The van der Waals surface area contributed by atoms with Crippen LogP contribution in [-0.4, -0.2) is 22.5 Å². The molecule has 0 fully saturated rings. The maximum atomic E-state index is 12.5. The zero-order valence-corrected chi connectivity index (χ0v) is 16.9. The summed E-state index contributed by atoms with van der Waals surface area (Å²) in [5, 5.41) is 4.14. The molecule has 0 spiro atoms. The number of esters is 1. The van der Waals surface area contributed by atoms with Crippen molar-refractivity contribution in [3.8, 4) is 0 Å². The Kier molecular flexibility index (Phi) is 5.49. The molecule has 0 radical (unpaired) electrons. The minimum Gasteiger partial charge on any atom is -0.462 e. The number of aromatic amines is 1.